The van der Waals surface area contributed by atoms with Crippen LogP contribution in [0.5, 0.6) is 0 Å². The number of H-pyrrole nitrogens is 1. The molecule has 1 saturated heterocycles. The first-order valence-electron chi connectivity index (χ1n) is 4.51. The molecule has 1 N–H and O–H groups in total. The van der Waals surface area contributed by atoms with Gasteiger partial charge in [0.05, 0.1) is 0 Å². The van der Waals surface area contributed by atoms with Crippen molar-refractivity contribution in [3.8, 4) is 0 Å². The Kier molecular flexibility index (Phi) is 1.83. The fourth-order valence-corrected chi connectivity index (χ4v) is 1.36. The molecule has 70 valence electrons. The number of aromatic nitrogens is 2. The summed E-state index contributed by atoms with van der Waals surface area (Å²) in [6.07, 6.45) is 1.12. The Balaban J connectivity index is 2.24. The molecule has 2 heterocycles. The van der Waals surface area contributed by atoms with Crippen LogP contribution in [0.1, 0.15) is 28.2 Å². The SMILES string of the molecule is Cc1[nH]nc(C(=O)N2CCC2)c1C. The third-order valence-corrected chi connectivity index (χ3v) is 2.60. The summed E-state index contributed by atoms with van der Waals surface area (Å²) in [5.74, 6) is 0.0631. The maximum Gasteiger partial charge on any atom is 0.274 e. The fraction of sp³-hybridized carbons (Fsp3) is 0.556. The lowest BCUT2D eigenvalue weighted by atomic mass is 10.1. The van der Waals surface area contributed by atoms with Gasteiger partial charge in [0.15, 0.2) is 5.69 Å². The van der Waals surface area contributed by atoms with Gasteiger partial charge in [0.25, 0.3) is 5.91 Å². The monoisotopic (exact) mass is 179 g/mol. The molecule has 1 aromatic rings. The van der Waals surface area contributed by atoms with Crippen molar-refractivity contribution >= 4 is 5.91 Å². The second-order valence-electron chi connectivity index (χ2n) is 3.47. The second-order valence-corrected chi connectivity index (χ2v) is 3.47. The average Bonchev–Trinajstić information content (AvgIpc) is 2.29. The summed E-state index contributed by atoms with van der Waals surface area (Å²) in [5, 5.41) is 6.83. The first kappa shape index (κ1) is 8.29. The molecular weight excluding hydrogens is 166 g/mol. The van der Waals surface area contributed by atoms with Gasteiger partial charge in [0, 0.05) is 24.3 Å². The van der Waals surface area contributed by atoms with Crippen LogP contribution in [-0.2, 0) is 0 Å². The molecule has 4 nitrogen and oxygen atoms in total. The summed E-state index contributed by atoms with van der Waals surface area (Å²) in [6.45, 7) is 5.61. The molecular formula is C9H13N3O. The first-order chi connectivity index (χ1) is 6.20. The Morgan fingerprint density at radius 1 is 1.46 bits per heavy atom. The van der Waals surface area contributed by atoms with Gasteiger partial charge in [0.1, 0.15) is 0 Å². The number of hydrogen-bond acceptors (Lipinski definition) is 2. The molecule has 0 unspecified atom stereocenters. The summed E-state index contributed by atoms with van der Waals surface area (Å²) in [4.78, 5) is 13.5. The summed E-state index contributed by atoms with van der Waals surface area (Å²) in [7, 11) is 0. The van der Waals surface area contributed by atoms with E-state index in [1.807, 2.05) is 18.7 Å². The zero-order chi connectivity index (χ0) is 9.42. The molecule has 0 bridgehead atoms. The molecule has 1 amide bonds. The Morgan fingerprint density at radius 2 is 2.15 bits per heavy atom. The van der Waals surface area contributed by atoms with Crippen molar-refractivity contribution in [2.24, 2.45) is 0 Å². The number of nitrogens with zero attached hydrogens (tertiary/aromatic N) is 2. The molecule has 1 fully saturated rings. The van der Waals surface area contributed by atoms with Crippen LogP contribution in [0.15, 0.2) is 0 Å². The van der Waals surface area contributed by atoms with Gasteiger partial charge in [0.2, 0.25) is 0 Å². The second kappa shape index (κ2) is 2.87. The number of aryl methyl sites for hydroxylation is 1. The lowest BCUT2D eigenvalue weighted by molar-refractivity contribution is 0.0645. The highest BCUT2D eigenvalue weighted by atomic mass is 16.2. The largest absolute Gasteiger partial charge is 0.337 e. The van der Waals surface area contributed by atoms with Crippen LogP contribution in [-0.4, -0.2) is 34.1 Å². The molecule has 0 aromatic carbocycles. The normalized spacial score (nSPS) is 15.7. The van der Waals surface area contributed by atoms with Crippen molar-refractivity contribution in [3.63, 3.8) is 0 Å². The van der Waals surface area contributed by atoms with Crippen LogP contribution >= 0.6 is 0 Å². The van der Waals surface area contributed by atoms with E-state index < -0.39 is 0 Å². The van der Waals surface area contributed by atoms with E-state index in [0.717, 1.165) is 30.8 Å². The minimum absolute atomic E-state index is 0.0631. The van der Waals surface area contributed by atoms with Gasteiger partial charge in [-0.15, -0.1) is 0 Å². The molecule has 0 atom stereocenters. The maximum absolute atomic E-state index is 11.7. The number of amides is 1. The standard InChI is InChI=1S/C9H13N3O/c1-6-7(2)10-11-8(6)9(13)12-4-3-5-12/h3-5H2,1-2H3,(H,10,11). The molecule has 13 heavy (non-hydrogen) atoms. The van der Waals surface area contributed by atoms with E-state index in [1.165, 1.54) is 0 Å². The van der Waals surface area contributed by atoms with E-state index in [2.05, 4.69) is 10.2 Å². The van der Waals surface area contributed by atoms with Gasteiger partial charge < -0.3 is 4.90 Å². The quantitative estimate of drug-likeness (QED) is 0.695. The van der Waals surface area contributed by atoms with Crippen LogP contribution in [0.2, 0.25) is 0 Å². The van der Waals surface area contributed by atoms with Crippen molar-refractivity contribution in [3.05, 3.63) is 17.0 Å². The lowest BCUT2D eigenvalue weighted by Crippen LogP contribution is -2.42. The highest BCUT2D eigenvalue weighted by Crippen LogP contribution is 2.15. The Bertz CT molecular complexity index is 339. The number of rotatable bonds is 1. The van der Waals surface area contributed by atoms with E-state index in [0.29, 0.717) is 5.69 Å². The van der Waals surface area contributed by atoms with E-state index in [4.69, 9.17) is 0 Å². The van der Waals surface area contributed by atoms with Crippen LogP contribution in [0, 0.1) is 13.8 Å². The number of nitrogens with one attached hydrogen (secondary N) is 1. The van der Waals surface area contributed by atoms with E-state index in [9.17, 15) is 4.79 Å². The average molecular weight is 179 g/mol. The number of hydrogen-bond donors (Lipinski definition) is 1. The van der Waals surface area contributed by atoms with E-state index in [-0.39, 0.29) is 5.91 Å². The summed E-state index contributed by atoms with van der Waals surface area (Å²) in [5.41, 5.74) is 2.53. The van der Waals surface area contributed by atoms with Crippen molar-refractivity contribution in [2.75, 3.05) is 13.1 Å². The topological polar surface area (TPSA) is 49.0 Å². The van der Waals surface area contributed by atoms with Crippen LogP contribution in [0.3, 0.4) is 0 Å². The molecule has 2 rings (SSSR count). The highest BCUT2D eigenvalue weighted by Gasteiger charge is 2.25. The Labute approximate surface area is 76.9 Å². The third kappa shape index (κ3) is 1.22. The minimum atomic E-state index is 0.0631. The minimum Gasteiger partial charge on any atom is -0.337 e. The molecule has 0 spiro atoms. The highest BCUT2D eigenvalue weighted by molar-refractivity contribution is 5.94. The molecule has 4 heteroatoms. The smallest absolute Gasteiger partial charge is 0.274 e. The molecule has 1 aliphatic rings. The van der Waals surface area contributed by atoms with Crippen molar-refractivity contribution < 1.29 is 4.79 Å². The maximum atomic E-state index is 11.7. The van der Waals surface area contributed by atoms with Gasteiger partial charge in [-0.2, -0.15) is 5.10 Å². The number of aromatic amines is 1. The molecule has 1 aliphatic heterocycles. The first-order valence-corrected chi connectivity index (χ1v) is 4.51. The molecule has 0 radical (unpaired) electrons. The Morgan fingerprint density at radius 3 is 2.54 bits per heavy atom. The zero-order valence-electron chi connectivity index (χ0n) is 7.92. The fourth-order valence-electron chi connectivity index (χ4n) is 1.36. The predicted molar refractivity (Wildman–Crippen MR) is 48.6 cm³/mol. The van der Waals surface area contributed by atoms with Gasteiger partial charge in [-0.25, -0.2) is 0 Å². The van der Waals surface area contributed by atoms with Crippen LogP contribution < -0.4 is 0 Å². The summed E-state index contributed by atoms with van der Waals surface area (Å²) in [6, 6.07) is 0. The molecule has 1 aromatic heterocycles. The third-order valence-electron chi connectivity index (χ3n) is 2.60. The Hall–Kier alpha value is -1.32. The van der Waals surface area contributed by atoms with Crippen LogP contribution in [0.25, 0.3) is 0 Å². The van der Waals surface area contributed by atoms with Crippen molar-refractivity contribution in [1.82, 2.24) is 15.1 Å². The van der Waals surface area contributed by atoms with E-state index in [1.54, 1.807) is 0 Å². The van der Waals surface area contributed by atoms with Crippen LogP contribution in [0.4, 0.5) is 0 Å². The van der Waals surface area contributed by atoms with Gasteiger partial charge in [-0.1, -0.05) is 0 Å². The number of carbonyl (C=O) groups is 1. The van der Waals surface area contributed by atoms with Gasteiger partial charge in [-0.05, 0) is 20.3 Å². The molecule has 0 saturated carbocycles. The van der Waals surface area contributed by atoms with Crippen molar-refractivity contribution in [1.29, 1.82) is 0 Å². The van der Waals surface area contributed by atoms with E-state index >= 15 is 0 Å². The number of carbonyl (C=O) groups excluding carboxylic acids is 1. The number of likely N-dealkylation sites (tertiary alicyclic amines) is 1. The lowest BCUT2D eigenvalue weighted by Gasteiger charge is -2.30. The van der Waals surface area contributed by atoms with Gasteiger partial charge in [-0.3, -0.25) is 9.89 Å². The molecule has 0 aliphatic carbocycles. The predicted octanol–water partition coefficient (Wildman–Crippen LogP) is 0.872. The van der Waals surface area contributed by atoms with Crippen molar-refractivity contribution in [2.45, 2.75) is 20.3 Å². The zero-order valence-corrected chi connectivity index (χ0v) is 7.92. The summed E-state index contributed by atoms with van der Waals surface area (Å²) < 4.78 is 0. The summed E-state index contributed by atoms with van der Waals surface area (Å²) >= 11 is 0. The van der Waals surface area contributed by atoms with Gasteiger partial charge >= 0.3 is 0 Å².